The molecule has 0 bridgehead atoms. The fourth-order valence-electron chi connectivity index (χ4n) is 8.02. The quantitative estimate of drug-likeness (QED) is 0.158. The maximum atomic E-state index is 13.3. The van der Waals surface area contributed by atoms with E-state index in [-0.39, 0.29) is 44.5 Å². The molecule has 340 valence electrons. The summed E-state index contributed by atoms with van der Waals surface area (Å²) in [6.07, 6.45) is 5.89. The number of urea groups is 1. The zero-order valence-corrected chi connectivity index (χ0v) is 36.9. The van der Waals surface area contributed by atoms with Crippen molar-refractivity contribution >= 4 is 69.2 Å². The minimum absolute atomic E-state index is 0. The number of halogens is 3. The van der Waals surface area contributed by atoms with E-state index in [0.29, 0.717) is 30.7 Å². The molecule has 3 aromatic rings. The lowest BCUT2D eigenvalue weighted by atomic mass is 9.91. The number of nitrogens with one attached hydrogen (secondary N) is 2. The maximum absolute atomic E-state index is 13.3. The molecule has 15 nitrogen and oxygen atoms in total. The molecule has 4 aliphatic rings. The summed E-state index contributed by atoms with van der Waals surface area (Å²) in [5.74, 6) is -0.257. The summed E-state index contributed by atoms with van der Waals surface area (Å²) in [6.45, 7) is 15.5. The van der Waals surface area contributed by atoms with E-state index in [4.69, 9.17) is 22.6 Å². The molecule has 1 aliphatic carbocycles. The van der Waals surface area contributed by atoms with E-state index in [0.717, 1.165) is 86.0 Å². The van der Waals surface area contributed by atoms with Gasteiger partial charge in [0.15, 0.2) is 16.6 Å². The number of carbonyl (C=O) groups is 4. The third-order valence-electron chi connectivity index (χ3n) is 11.1. The molecular formula is C43H61F3N10O5S. The number of piperidine rings is 1. The van der Waals surface area contributed by atoms with Crippen molar-refractivity contribution in [3.05, 3.63) is 54.9 Å². The van der Waals surface area contributed by atoms with Crippen molar-refractivity contribution in [1.82, 2.24) is 29.9 Å². The van der Waals surface area contributed by atoms with Crippen LogP contribution in [0.25, 0.3) is 10.9 Å². The summed E-state index contributed by atoms with van der Waals surface area (Å²) >= 11 is 5.51. The highest BCUT2D eigenvalue weighted by Crippen LogP contribution is 2.40. The summed E-state index contributed by atoms with van der Waals surface area (Å²) in [4.78, 5) is 59.7. The summed E-state index contributed by atoms with van der Waals surface area (Å²) in [5, 5.41) is 27.6. The molecule has 62 heavy (non-hydrogen) atoms. The number of fused-ring (bicyclic) bond motifs is 1. The SMILES string of the molecule is C=C.CC1(C)C(=O)N(c2cnc(C#N)c(C(F)(F)F)c2)C(=S)N1C1CCCCC1.CCCO.C[C@H]1CCCCN1CC(=O)Nc1cccc2c(N3CCC(=O)NC3=O)nn(C)c12.[HH].[HH]. The van der Waals surface area contributed by atoms with Crippen LogP contribution >= 0.6 is 12.2 Å². The molecule has 5 heterocycles. The van der Waals surface area contributed by atoms with Crippen molar-refractivity contribution in [3.63, 3.8) is 0 Å². The first-order valence-corrected chi connectivity index (χ1v) is 21.2. The Morgan fingerprint density at radius 1 is 1.11 bits per heavy atom. The number of aliphatic hydroxyl groups is 1. The van der Waals surface area contributed by atoms with E-state index in [2.05, 4.69) is 45.7 Å². The second-order valence-corrected chi connectivity index (χ2v) is 16.2. The van der Waals surface area contributed by atoms with Gasteiger partial charge < -0.3 is 15.3 Å². The average molecular weight is 887 g/mol. The molecule has 1 saturated carbocycles. The Kier molecular flexibility index (Phi) is 17.1. The number of carbonyl (C=O) groups excluding carboxylic acids is 4. The van der Waals surface area contributed by atoms with Crippen molar-refractivity contribution in [3.8, 4) is 6.07 Å². The Hall–Kier alpha value is -5.45. The highest BCUT2D eigenvalue weighted by molar-refractivity contribution is 7.80. The van der Waals surface area contributed by atoms with Crippen molar-refractivity contribution in [1.29, 1.82) is 5.26 Å². The lowest BCUT2D eigenvalue weighted by molar-refractivity contribution is -0.138. The number of alkyl halides is 3. The maximum Gasteiger partial charge on any atom is 0.419 e. The van der Waals surface area contributed by atoms with E-state index < -0.39 is 34.9 Å². The molecular weight excluding hydrogens is 826 g/mol. The van der Waals surface area contributed by atoms with Gasteiger partial charge in [-0.2, -0.15) is 23.5 Å². The number of amides is 5. The zero-order chi connectivity index (χ0) is 45.9. The van der Waals surface area contributed by atoms with Gasteiger partial charge in [0, 0.05) is 46.9 Å². The number of aryl methyl sites for hydroxylation is 1. The fourth-order valence-corrected chi connectivity index (χ4v) is 8.59. The van der Waals surface area contributed by atoms with Gasteiger partial charge in [-0.3, -0.25) is 39.1 Å². The first-order chi connectivity index (χ1) is 29.4. The molecule has 0 radical (unpaired) electrons. The second kappa shape index (κ2) is 21.6. The Labute approximate surface area is 368 Å². The van der Waals surface area contributed by atoms with Crippen LogP contribution in [-0.2, 0) is 27.6 Å². The van der Waals surface area contributed by atoms with Crippen LogP contribution in [0.4, 0.5) is 35.2 Å². The molecule has 2 aromatic heterocycles. The zero-order valence-electron chi connectivity index (χ0n) is 36.1. The largest absolute Gasteiger partial charge is 0.419 e. The summed E-state index contributed by atoms with van der Waals surface area (Å²) in [6, 6.07) is 7.77. The predicted octanol–water partition coefficient (Wildman–Crippen LogP) is 7.53. The van der Waals surface area contributed by atoms with Gasteiger partial charge in [-0.25, -0.2) is 9.78 Å². The normalized spacial score (nSPS) is 19.4. The van der Waals surface area contributed by atoms with Crippen LogP contribution in [0.5, 0.6) is 0 Å². The van der Waals surface area contributed by atoms with Gasteiger partial charge in [0.1, 0.15) is 11.6 Å². The summed E-state index contributed by atoms with van der Waals surface area (Å²) in [7, 11) is 1.78. The molecule has 1 atom stereocenters. The molecule has 0 spiro atoms. The number of aromatic nitrogens is 3. The third kappa shape index (κ3) is 11.1. The number of anilines is 3. The van der Waals surface area contributed by atoms with E-state index >= 15 is 0 Å². The van der Waals surface area contributed by atoms with Crippen LogP contribution in [-0.4, -0.2) is 102 Å². The number of thiocarbonyl (C=S) groups is 1. The first kappa shape index (κ1) is 49.2. The lowest BCUT2D eigenvalue weighted by Gasteiger charge is -2.39. The number of para-hydroxylation sites is 1. The van der Waals surface area contributed by atoms with Crippen LogP contribution in [0.3, 0.4) is 0 Å². The number of hydrogen-bond acceptors (Lipinski definition) is 10. The number of hydrogen-bond donors (Lipinski definition) is 3. The van der Waals surface area contributed by atoms with Crippen LogP contribution in [0.2, 0.25) is 0 Å². The summed E-state index contributed by atoms with van der Waals surface area (Å²) < 4.78 is 41.5. The van der Waals surface area contributed by atoms with Crippen LogP contribution in [0, 0.1) is 11.3 Å². The molecule has 3 N–H and O–H groups in total. The number of aliphatic hydroxyl groups excluding tert-OH is 1. The fraction of sp³-hybridized carbons (Fsp3) is 0.535. The van der Waals surface area contributed by atoms with Gasteiger partial charge in [-0.05, 0) is 89.8 Å². The Morgan fingerprint density at radius 2 is 1.77 bits per heavy atom. The molecule has 19 heteroatoms. The number of rotatable bonds is 7. The van der Waals surface area contributed by atoms with Crippen molar-refractivity contribution < 1.29 is 40.3 Å². The highest BCUT2D eigenvalue weighted by atomic mass is 32.1. The third-order valence-corrected chi connectivity index (χ3v) is 11.5. The molecule has 4 fully saturated rings. The molecule has 3 aliphatic heterocycles. The number of benzene rings is 1. The summed E-state index contributed by atoms with van der Waals surface area (Å²) in [5.41, 5.74) is -1.52. The molecule has 1 aromatic carbocycles. The van der Waals surface area contributed by atoms with Gasteiger partial charge in [-0.1, -0.05) is 38.7 Å². The number of likely N-dealkylation sites (tertiary alicyclic amines) is 1. The van der Waals surface area contributed by atoms with Crippen LogP contribution in [0.15, 0.2) is 43.6 Å². The van der Waals surface area contributed by atoms with Gasteiger partial charge in [-0.15, -0.1) is 13.2 Å². The van der Waals surface area contributed by atoms with Gasteiger partial charge in [0.2, 0.25) is 11.8 Å². The predicted molar refractivity (Wildman–Crippen MR) is 239 cm³/mol. The second-order valence-electron chi connectivity index (χ2n) is 15.8. The van der Waals surface area contributed by atoms with Crippen molar-refractivity contribution in [2.75, 3.05) is 41.4 Å². The number of nitriles is 1. The number of pyridine rings is 1. The van der Waals surface area contributed by atoms with Gasteiger partial charge >= 0.3 is 12.2 Å². The smallest absolute Gasteiger partial charge is 0.396 e. The molecule has 5 amide bonds. The van der Waals surface area contributed by atoms with Crippen LogP contribution in [0.1, 0.15) is 106 Å². The van der Waals surface area contributed by atoms with Crippen molar-refractivity contribution in [2.45, 2.75) is 116 Å². The van der Waals surface area contributed by atoms with E-state index in [1.807, 2.05) is 30.0 Å². The Balaban J connectivity index is 0.000000382. The number of nitrogens with zero attached hydrogens (tertiary/aromatic N) is 8. The highest BCUT2D eigenvalue weighted by Gasteiger charge is 2.52. The van der Waals surface area contributed by atoms with E-state index in [1.165, 1.54) is 17.4 Å². The van der Waals surface area contributed by atoms with Crippen LogP contribution < -0.4 is 20.4 Å². The topological polar surface area (TPSA) is 180 Å². The Morgan fingerprint density at radius 3 is 2.37 bits per heavy atom. The molecule has 0 unspecified atom stereocenters. The Bertz CT molecular complexity index is 2160. The standard InChI is InChI=1S/C20H26N6O3.C18H19F3N4OS.C3H8O.C2H4.2H2/c1-13-6-3-4-10-25(13)12-17(28)21-15-8-5-7-14-18(15)24(2)23-19(14)26-11-9-16(27)22-20(26)29;1-17(2)15(26)24(16(27)25(17)11-6-4-3-5-7-11)12-8-13(18(19,20)21)14(9-22)23-10-12;1-2-3-4;1-2;;/h5,7-8,13H,3-4,6,9-12H2,1-2H3,(H,21,28)(H,22,27,29);8,10-11H,3-7H2,1-2H3;4H,2-3H2,1H3;1-2H2;2*1H/t13-;;;;;/m0...../s1. The van der Waals surface area contributed by atoms with Gasteiger partial charge in [0.25, 0.3) is 5.91 Å². The molecule has 3 saturated heterocycles. The lowest BCUT2D eigenvalue weighted by Crippen LogP contribution is -2.50. The van der Waals surface area contributed by atoms with E-state index in [1.54, 1.807) is 25.6 Å². The van der Waals surface area contributed by atoms with Crippen molar-refractivity contribution in [2.24, 2.45) is 7.05 Å². The first-order valence-electron chi connectivity index (χ1n) is 20.8. The average Bonchev–Trinajstić information content (AvgIpc) is 3.67. The minimum atomic E-state index is -4.75. The monoisotopic (exact) mass is 886 g/mol. The van der Waals surface area contributed by atoms with E-state index in [9.17, 15) is 32.3 Å². The van der Waals surface area contributed by atoms with Gasteiger partial charge in [0.05, 0.1) is 35.2 Å². The minimum Gasteiger partial charge on any atom is -0.396 e. The molecule has 7 rings (SSSR count). The number of imide groups is 1.